The Bertz CT molecular complexity index is 166. The molecule has 5 nitrogen and oxygen atoms in total. The number of carbonyl (C=O) groups is 2. The maximum absolute atomic E-state index is 9.55. The Kier molecular flexibility index (Phi) is 20.8. The Morgan fingerprint density at radius 2 is 1.43 bits per heavy atom. The normalized spacial score (nSPS) is 8.43. The van der Waals surface area contributed by atoms with Gasteiger partial charge in [0.15, 0.2) is 0 Å². The first-order valence-electron chi connectivity index (χ1n) is 3.76. The molecule has 0 fully saturated rings. The molecule has 0 aromatic heterocycles. The van der Waals surface area contributed by atoms with E-state index in [1.165, 1.54) is 0 Å². The molecule has 6 heteroatoms. The van der Waals surface area contributed by atoms with Crippen LogP contribution in [0.5, 0.6) is 0 Å². The number of rotatable bonds is 4. The van der Waals surface area contributed by atoms with Gasteiger partial charge in [0.05, 0.1) is 0 Å². The molecule has 0 aliphatic carbocycles. The van der Waals surface area contributed by atoms with Crippen LogP contribution in [0.25, 0.3) is 0 Å². The number of hydrogen-bond donors (Lipinski definition) is 2. The van der Waals surface area contributed by atoms with E-state index in [2.05, 4.69) is 0 Å². The van der Waals surface area contributed by atoms with E-state index in [-0.39, 0.29) is 31.0 Å². The minimum Gasteiger partial charge on any atom is -1.00 e. The summed E-state index contributed by atoms with van der Waals surface area (Å²) in [5.41, 5.74) is 0. The summed E-state index contributed by atoms with van der Waals surface area (Å²) < 4.78 is 4.83. The van der Waals surface area contributed by atoms with Crippen LogP contribution in [0.2, 0.25) is 0 Å². The summed E-state index contributed by atoms with van der Waals surface area (Å²) in [6, 6.07) is 0. The van der Waals surface area contributed by atoms with E-state index in [0.717, 1.165) is 13.2 Å². The topological polar surface area (TPSA) is 83.8 Å². The van der Waals surface area contributed by atoms with Gasteiger partial charge in [-0.05, 0) is 13.8 Å². The predicted molar refractivity (Wildman–Crippen MR) is 47.7 cm³/mol. The van der Waals surface area contributed by atoms with Gasteiger partial charge in [-0.3, -0.25) is 0 Å². The molecule has 0 radical (unpaired) electrons. The molecule has 0 bridgehead atoms. The molecular weight excluding hydrogens is 199 g/mol. The zero-order chi connectivity index (χ0) is 10.7. The largest absolute Gasteiger partial charge is 1.00 e. The minimum atomic E-state index is -1.26. The average molecular weight is 214 g/mol. The van der Waals surface area contributed by atoms with Crippen LogP contribution >= 0.6 is 0 Å². The number of hydrogen-bond acceptors (Lipinski definition) is 3. The molecule has 0 saturated carbocycles. The van der Waals surface area contributed by atoms with Crippen molar-refractivity contribution in [2.45, 2.75) is 13.8 Å². The Morgan fingerprint density at radius 1 is 1.14 bits per heavy atom. The Balaban J connectivity index is -0.0000000770. The van der Waals surface area contributed by atoms with Gasteiger partial charge in [0.1, 0.15) is 0 Å². The van der Waals surface area contributed by atoms with Crippen molar-refractivity contribution in [3.63, 3.8) is 0 Å². The van der Waals surface area contributed by atoms with Gasteiger partial charge in [-0.15, -0.1) is 0 Å². The van der Waals surface area contributed by atoms with Gasteiger partial charge in [-0.2, -0.15) is 0 Å². The molecule has 14 heavy (non-hydrogen) atoms. The van der Waals surface area contributed by atoms with Crippen LogP contribution in [0.15, 0.2) is 12.2 Å². The first-order valence-corrected chi connectivity index (χ1v) is 3.76. The van der Waals surface area contributed by atoms with Gasteiger partial charge in [0.2, 0.25) is 0 Å². The quantitative estimate of drug-likeness (QED) is 0.412. The second-order valence-electron chi connectivity index (χ2n) is 1.79. The molecule has 0 aliphatic heterocycles. The molecule has 0 atom stereocenters. The van der Waals surface area contributed by atoms with E-state index in [9.17, 15) is 9.59 Å². The van der Waals surface area contributed by atoms with E-state index < -0.39 is 11.9 Å². The van der Waals surface area contributed by atoms with Crippen LogP contribution in [-0.2, 0) is 14.3 Å². The predicted octanol–water partition coefficient (Wildman–Crippen LogP) is -2.13. The van der Waals surface area contributed by atoms with Gasteiger partial charge in [-0.25, -0.2) is 9.59 Å². The Hall–Kier alpha value is -0.360. The molecule has 0 aromatic carbocycles. The summed E-state index contributed by atoms with van der Waals surface area (Å²) in [6.07, 6.45) is 1.12. The standard InChI is InChI=1S/C4H4O4.C4H10O.Na.H/c5-3(6)1-2-4(7)8;1-3-5-4-2;;/h1-2H,(H,5,6)(H,7,8);3-4H2,1-2H3;;/q;;+1;-1/b2-1-;;;. The Morgan fingerprint density at radius 3 is 1.50 bits per heavy atom. The van der Waals surface area contributed by atoms with Crippen molar-refractivity contribution >= 4 is 11.9 Å². The van der Waals surface area contributed by atoms with Crippen molar-refractivity contribution in [2.24, 2.45) is 0 Å². The first kappa shape index (κ1) is 19.2. The zero-order valence-electron chi connectivity index (χ0n) is 9.69. The van der Waals surface area contributed by atoms with Crippen LogP contribution in [0.3, 0.4) is 0 Å². The molecule has 0 heterocycles. The summed E-state index contributed by atoms with van der Waals surface area (Å²) in [5.74, 6) is -2.51. The third kappa shape index (κ3) is 29.9. The Labute approximate surface area is 107 Å². The first-order chi connectivity index (χ1) is 6.04. The van der Waals surface area contributed by atoms with E-state index in [0.29, 0.717) is 12.2 Å². The summed E-state index contributed by atoms with van der Waals surface area (Å²) in [6.45, 7) is 5.67. The third-order valence-corrected chi connectivity index (χ3v) is 0.777. The maximum Gasteiger partial charge on any atom is 1.00 e. The van der Waals surface area contributed by atoms with Gasteiger partial charge >= 0.3 is 41.5 Å². The molecule has 78 valence electrons. The van der Waals surface area contributed by atoms with Crippen LogP contribution < -0.4 is 29.6 Å². The fourth-order valence-electron chi connectivity index (χ4n) is 0.347. The fraction of sp³-hybridized carbons (Fsp3) is 0.500. The monoisotopic (exact) mass is 214 g/mol. The zero-order valence-corrected chi connectivity index (χ0v) is 10.7. The van der Waals surface area contributed by atoms with Crippen molar-refractivity contribution < 1.29 is 55.5 Å². The maximum atomic E-state index is 9.55. The summed E-state index contributed by atoms with van der Waals surface area (Å²) in [5, 5.41) is 15.6. The number of carboxylic acid groups (broad SMARTS) is 2. The molecule has 0 unspecified atom stereocenters. The van der Waals surface area contributed by atoms with Crippen molar-refractivity contribution in [1.29, 1.82) is 0 Å². The van der Waals surface area contributed by atoms with Crippen LogP contribution in [0.4, 0.5) is 0 Å². The van der Waals surface area contributed by atoms with Gasteiger partial charge in [-0.1, -0.05) is 0 Å². The summed E-state index contributed by atoms with van der Waals surface area (Å²) in [4.78, 5) is 19.1. The summed E-state index contributed by atoms with van der Waals surface area (Å²) in [7, 11) is 0. The van der Waals surface area contributed by atoms with E-state index in [1.54, 1.807) is 0 Å². The van der Waals surface area contributed by atoms with E-state index in [1.807, 2.05) is 13.8 Å². The molecule has 0 rings (SSSR count). The second-order valence-corrected chi connectivity index (χ2v) is 1.79. The van der Waals surface area contributed by atoms with E-state index in [4.69, 9.17) is 14.9 Å². The van der Waals surface area contributed by atoms with Crippen molar-refractivity contribution in [3.8, 4) is 0 Å². The third-order valence-electron chi connectivity index (χ3n) is 0.777. The van der Waals surface area contributed by atoms with Crippen LogP contribution in [0.1, 0.15) is 15.3 Å². The van der Waals surface area contributed by atoms with Gasteiger partial charge < -0.3 is 16.4 Å². The molecule has 0 spiro atoms. The SMILES string of the molecule is CCOCC.O=C(O)/C=C\C(=O)O.[H-].[Na+]. The van der Waals surface area contributed by atoms with Gasteiger partial charge in [0, 0.05) is 25.4 Å². The molecular formula is C8H15NaO5. The van der Waals surface area contributed by atoms with Gasteiger partial charge in [0.25, 0.3) is 0 Å². The van der Waals surface area contributed by atoms with Crippen molar-refractivity contribution in [1.82, 2.24) is 0 Å². The molecule has 0 saturated heterocycles. The van der Waals surface area contributed by atoms with E-state index >= 15 is 0 Å². The van der Waals surface area contributed by atoms with Crippen LogP contribution in [-0.4, -0.2) is 35.4 Å². The minimum absolute atomic E-state index is 0. The molecule has 0 aliphatic rings. The fourth-order valence-corrected chi connectivity index (χ4v) is 0.347. The molecule has 0 aromatic rings. The molecule has 0 amide bonds. The number of carboxylic acids is 2. The number of aliphatic carboxylic acids is 2. The van der Waals surface area contributed by atoms with Crippen molar-refractivity contribution in [3.05, 3.63) is 12.2 Å². The number of ether oxygens (including phenoxy) is 1. The smallest absolute Gasteiger partial charge is 1.00 e. The molecule has 2 N–H and O–H groups in total. The second kappa shape index (κ2) is 15.1. The summed E-state index contributed by atoms with van der Waals surface area (Å²) >= 11 is 0. The van der Waals surface area contributed by atoms with Crippen LogP contribution in [0, 0.1) is 0 Å². The van der Waals surface area contributed by atoms with Crippen molar-refractivity contribution in [2.75, 3.05) is 13.2 Å². The average Bonchev–Trinajstić information content (AvgIpc) is 2.03.